The van der Waals surface area contributed by atoms with Crippen LogP contribution in [-0.4, -0.2) is 59.0 Å². The summed E-state index contributed by atoms with van der Waals surface area (Å²) >= 11 is 0. The molecule has 1 atom stereocenters. The fourth-order valence-corrected chi connectivity index (χ4v) is 1.38. The van der Waals surface area contributed by atoms with Gasteiger partial charge in [0.1, 0.15) is 6.54 Å². The molecule has 0 aliphatic heterocycles. The van der Waals surface area contributed by atoms with E-state index in [0.29, 0.717) is 0 Å². The van der Waals surface area contributed by atoms with Gasteiger partial charge < -0.3 is 19.8 Å². The average Bonchev–Trinajstić information content (AvgIpc) is 2.27. The van der Waals surface area contributed by atoms with E-state index in [-0.39, 0.29) is 0 Å². The molecule has 0 heterocycles. The molecule has 0 aliphatic rings. The van der Waals surface area contributed by atoms with E-state index in [4.69, 9.17) is 15.3 Å². The third-order valence-corrected chi connectivity index (χ3v) is 2.15. The summed E-state index contributed by atoms with van der Waals surface area (Å²) in [5, 5.41) is 24.1. The predicted octanol–water partition coefficient (Wildman–Crippen LogP) is 0.799. The number of carboxylic acid groups (broad SMARTS) is 2. The fraction of sp³-hybridized carbons (Fsp3) is 0.429. The third-order valence-electron chi connectivity index (χ3n) is 2.15. The van der Waals surface area contributed by atoms with Crippen molar-refractivity contribution in [3.63, 3.8) is 0 Å². The molecule has 0 spiro atoms. The molecule has 0 aliphatic carbocycles. The zero-order valence-corrected chi connectivity index (χ0v) is 12.0. The molecule has 0 saturated carbocycles. The van der Waals surface area contributed by atoms with Crippen molar-refractivity contribution in [3.05, 3.63) is 35.9 Å². The Morgan fingerprint density at radius 3 is 1.90 bits per heavy atom. The van der Waals surface area contributed by atoms with Crippen LogP contribution in [0.5, 0.6) is 0 Å². The molecule has 6 heteroatoms. The summed E-state index contributed by atoms with van der Waals surface area (Å²) in [6, 6.07) is 10.6. The molecule has 0 aromatic heterocycles. The maximum Gasteiger partial charge on any atom is 0.333 e. The van der Waals surface area contributed by atoms with Gasteiger partial charge in [-0.25, -0.2) is 4.79 Å². The van der Waals surface area contributed by atoms with Crippen molar-refractivity contribution < 1.29 is 29.4 Å². The minimum atomic E-state index is -1.79. The standard InChI is InChI=1S/C10H16N.C4H6O5/c1-11(2,3)9-10-7-5-4-6-8-10;5-2(4(8)9)1-3(6)7/h4-8H,9H2,1-3H3;2,5H,1H2,(H,6,7)(H,8,9)/q+1;. The summed E-state index contributed by atoms with van der Waals surface area (Å²) in [5.41, 5.74) is 1.40. The molecule has 1 rings (SSSR count). The van der Waals surface area contributed by atoms with Crippen LogP contribution in [0.1, 0.15) is 12.0 Å². The van der Waals surface area contributed by atoms with Crippen molar-refractivity contribution in [2.75, 3.05) is 21.1 Å². The van der Waals surface area contributed by atoms with E-state index in [1.54, 1.807) is 0 Å². The van der Waals surface area contributed by atoms with E-state index < -0.39 is 24.5 Å². The van der Waals surface area contributed by atoms with Crippen LogP contribution in [0.4, 0.5) is 0 Å². The Morgan fingerprint density at radius 1 is 1.10 bits per heavy atom. The molecule has 0 radical (unpaired) electrons. The highest BCUT2D eigenvalue weighted by Gasteiger charge is 2.16. The number of quaternary nitrogens is 1. The molecule has 0 saturated heterocycles. The lowest BCUT2D eigenvalue weighted by Gasteiger charge is -2.23. The van der Waals surface area contributed by atoms with Crippen LogP contribution in [0.2, 0.25) is 0 Å². The fourth-order valence-electron chi connectivity index (χ4n) is 1.38. The van der Waals surface area contributed by atoms with Crippen molar-refractivity contribution in [1.82, 2.24) is 0 Å². The summed E-state index contributed by atoms with van der Waals surface area (Å²) in [4.78, 5) is 19.4. The molecule has 20 heavy (non-hydrogen) atoms. The van der Waals surface area contributed by atoms with Crippen LogP contribution < -0.4 is 0 Å². The molecule has 0 bridgehead atoms. The molecule has 1 aromatic carbocycles. The Hall–Kier alpha value is -1.92. The van der Waals surface area contributed by atoms with Crippen LogP contribution in [0.3, 0.4) is 0 Å². The number of nitrogens with zero attached hydrogens (tertiary/aromatic N) is 1. The Bertz CT molecular complexity index is 425. The molecule has 6 nitrogen and oxygen atoms in total. The van der Waals surface area contributed by atoms with Gasteiger partial charge >= 0.3 is 11.9 Å². The summed E-state index contributed by atoms with van der Waals surface area (Å²) in [6.07, 6.45) is -2.54. The van der Waals surface area contributed by atoms with Gasteiger partial charge in [0.05, 0.1) is 27.6 Å². The van der Waals surface area contributed by atoms with Gasteiger partial charge in [-0.3, -0.25) is 4.79 Å². The number of hydrogen-bond donors (Lipinski definition) is 3. The zero-order chi connectivity index (χ0) is 15.8. The third kappa shape index (κ3) is 10.0. The largest absolute Gasteiger partial charge is 0.481 e. The first-order chi connectivity index (χ1) is 9.11. The Morgan fingerprint density at radius 2 is 1.60 bits per heavy atom. The van der Waals surface area contributed by atoms with Gasteiger partial charge in [0, 0.05) is 5.56 Å². The van der Waals surface area contributed by atoms with Crippen LogP contribution in [0, 0.1) is 0 Å². The highest BCUT2D eigenvalue weighted by atomic mass is 16.4. The highest BCUT2D eigenvalue weighted by molar-refractivity contribution is 5.79. The molecule has 1 aromatic rings. The molecule has 1 unspecified atom stereocenters. The average molecular weight is 284 g/mol. The number of rotatable bonds is 5. The molecule has 112 valence electrons. The number of aliphatic carboxylic acids is 2. The van der Waals surface area contributed by atoms with Crippen molar-refractivity contribution >= 4 is 11.9 Å². The molecular weight excluding hydrogens is 262 g/mol. The minimum absolute atomic E-state index is 0.755. The van der Waals surface area contributed by atoms with Gasteiger partial charge in [0.2, 0.25) is 0 Å². The van der Waals surface area contributed by atoms with Crippen molar-refractivity contribution in [3.8, 4) is 0 Å². The quantitative estimate of drug-likeness (QED) is 0.695. The Balaban J connectivity index is 0.000000370. The first kappa shape index (κ1) is 18.1. The molecule has 3 N–H and O–H groups in total. The van der Waals surface area contributed by atoms with Gasteiger partial charge in [-0.2, -0.15) is 0 Å². The van der Waals surface area contributed by atoms with Crippen molar-refractivity contribution in [1.29, 1.82) is 0 Å². The maximum atomic E-state index is 9.72. The van der Waals surface area contributed by atoms with Gasteiger partial charge in [0.15, 0.2) is 6.10 Å². The van der Waals surface area contributed by atoms with E-state index in [1.807, 2.05) is 0 Å². The van der Waals surface area contributed by atoms with Gasteiger partial charge in [-0.1, -0.05) is 30.3 Å². The lowest BCUT2D eigenvalue weighted by atomic mass is 10.2. The Kier molecular flexibility index (Phi) is 7.49. The lowest BCUT2D eigenvalue weighted by molar-refractivity contribution is -0.884. The van der Waals surface area contributed by atoms with Gasteiger partial charge in [-0.15, -0.1) is 0 Å². The van der Waals surface area contributed by atoms with Crippen LogP contribution >= 0.6 is 0 Å². The second kappa shape index (κ2) is 8.29. The topological polar surface area (TPSA) is 94.8 Å². The molecule has 0 amide bonds. The normalized spacial score (nSPS) is 12.0. The number of aliphatic hydroxyl groups is 1. The Labute approximate surface area is 118 Å². The number of hydrogen-bond acceptors (Lipinski definition) is 3. The van der Waals surface area contributed by atoms with Crippen molar-refractivity contribution in [2.24, 2.45) is 0 Å². The predicted molar refractivity (Wildman–Crippen MR) is 74.1 cm³/mol. The van der Waals surface area contributed by atoms with Crippen molar-refractivity contribution in [2.45, 2.75) is 19.1 Å². The van der Waals surface area contributed by atoms with E-state index in [9.17, 15) is 9.59 Å². The summed E-state index contributed by atoms with van der Waals surface area (Å²) < 4.78 is 0.990. The maximum absolute atomic E-state index is 9.72. The number of carbonyl (C=O) groups is 2. The first-order valence-corrected chi connectivity index (χ1v) is 6.09. The van der Waals surface area contributed by atoms with E-state index >= 15 is 0 Å². The van der Waals surface area contributed by atoms with Gasteiger partial charge in [-0.05, 0) is 0 Å². The molecular formula is C14H22NO5+. The van der Waals surface area contributed by atoms with E-state index in [1.165, 1.54) is 5.56 Å². The molecule has 0 fully saturated rings. The van der Waals surface area contributed by atoms with E-state index in [0.717, 1.165) is 11.0 Å². The summed E-state index contributed by atoms with van der Waals surface area (Å²) in [7, 11) is 6.60. The van der Waals surface area contributed by atoms with Crippen LogP contribution in [0.15, 0.2) is 30.3 Å². The smallest absolute Gasteiger partial charge is 0.333 e. The second-order valence-electron chi connectivity index (χ2n) is 5.39. The van der Waals surface area contributed by atoms with Crippen LogP contribution in [-0.2, 0) is 16.1 Å². The monoisotopic (exact) mass is 284 g/mol. The SMILES string of the molecule is C[N+](C)(C)Cc1ccccc1.O=C(O)CC(O)C(=O)O. The number of benzene rings is 1. The summed E-state index contributed by atoms with van der Waals surface area (Å²) in [5.74, 6) is -2.85. The zero-order valence-electron chi connectivity index (χ0n) is 12.0. The number of aliphatic hydroxyl groups excluding tert-OH is 1. The summed E-state index contributed by atoms with van der Waals surface area (Å²) in [6.45, 7) is 1.10. The van der Waals surface area contributed by atoms with Gasteiger partial charge in [0.25, 0.3) is 0 Å². The first-order valence-electron chi connectivity index (χ1n) is 6.09. The minimum Gasteiger partial charge on any atom is -0.481 e. The lowest BCUT2D eigenvalue weighted by Crippen LogP contribution is -2.33. The number of carboxylic acids is 2. The second-order valence-corrected chi connectivity index (χ2v) is 5.39. The van der Waals surface area contributed by atoms with E-state index in [2.05, 4.69) is 51.5 Å². The van der Waals surface area contributed by atoms with Crippen LogP contribution in [0.25, 0.3) is 0 Å². The highest BCUT2D eigenvalue weighted by Crippen LogP contribution is 2.05.